The minimum absolute atomic E-state index is 0.0400. The van der Waals surface area contributed by atoms with Gasteiger partial charge in [-0.25, -0.2) is 0 Å². The molecule has 6 heteroatoms. The standard InChI is InChI=1S/C20H29N3O3/c1-3-23(13-15-5-4-6-16(11-15)22-14(2)24)10-9-21-20(25)18-12-17-7-8-19(18)26-17/h4-6,11,17-19H,3,7-10,12-13H2,1-2H3,(H,21,25)(H,22,24). The van der Waals surface area contributed by atoms with E-state index in [-0.39, 0.29) is 23.8 Å². The van der Waals surface area contributed by atoms with E-state index >= 15 is 0 Å². The van der Waals surface area contributed by atoms with Crippen LogP contribution in [0.25, 0.3) is 0 Å². The second-order valence-electron chi connectivity index (χ2n) is 7.26. The lowest BCUT2D eigenvalue weighted by atomic mass is 9.88. The van der Waals surface area contributed by atoms with Crippen molar-refractivity contribution in [2.75, 3.05) is 25.0 Å². The van der Waals surface area contributed by atoms with Gasteiger partial charge in [-0.2, -0.15) is 0 Å². The Bertz CT molecular complexity index is 649. The number of fused-ring (bicyclic) bond motifs is 2. The number of amides is 2. The minimum atomic E-state index is -0.0678. The molecule has 3 rings (SSSR count). The molecule has 1 aromatic rings. The molecule has 1 aromatic carbocycles. The number of rotatable bonds is 8. The fraction of sp³-hybridized carbons (Fsp3) is 0.600. The molecule has 2 heterocycles. The quantitative estimate of drug-likeness (QED) is 0.746. The highest BCUT2D eigenvalue weighted by molar-refractivity contribution is 5.88. The Balaban J connectivity index is 1.44. The lowest BCUT2D eigenvalue weighted by Crippen LogP contribution is -2.40. The highest BCUT2D eigenvalue weighted by Crippen LogP contribution is 2.38. The van der Waals surface area contributed by atoms with Crippen LogP contribution in [0.4, 0.5) is 5.69 Å². The highest BCUT2D eigenvalue weighted by atomic mass is 16.5. The summed E-state index contributed by atoms with van der Waals surface area (Å²) in [7, 11) is 0. The molecule has 2 aliphatic heterocycles. The maximum atomic E-state index is 12.4. The molecule has 0 aliphatic carbocycles. The number of benzene rings is 1. The summed E-state index contributed by atoms with van der Waals surface area (Å²) in [6.07, 6.45) is 3.45. The number of hydrogen-bond acceptors (Lipinski definition) is 4. The van der Waals surface area contributed by atoms with Crippen molar-refractivity contribution in [1.29, 1.82) is 0 Å². The van der Waals surface area contributed by atoms with Gasteiger partial charge in [0.25, 0.3) is 0 Å². The second kappa shape index (κ2) is 8.64. The molecule has 0 spiro atoms. The van der Waals surface area contributed by atoms with Crippen LogP contribution in [0.5, 0.6) is 0 Å². The molecule has 2 fully saturated rings. The van der Waals surface area contributed by atoms with Crippen molar-refractivity contribution >= 4 is 17.5 Å². The van der Waals surface area contributed by atoms with E-state index in [1.165, 1.54) is 6.92 Å². The molecular weight excluding hydrogens is 330 g/mol. The first-order chi connectivity index (χ1) is 12.5. The maximum absolute atomic E-state index is 12.4. The lowest BCUT2D eigenvalue weighted by Gasteiger charge is -2.22. The SMILES string of the molecule is CCN(CCNC(=O)C1CC2CCC1O2)Cc1cccc(NC(C)=O)c1. The van der Waals surface area contributed by atoms with Gasteiger partial charge in [0.05, 0.1) is 18.1 Å². The lowest BCUT2D eigenvalue weighted by molar-refractivity contribution is -0.126. The Morgan fingerprint density at radius 2 is 2.15 bits per heavy atom. The average molecular weight is 359 g/mol. The number of nitrogens with one attached hydrogen (secondary N) is 2. The molecule has 6 nitrogen and oxygen atoms in total. The van der Waals surface area contributed by atoms with Crippen molar-refractivity contribution < 1.29 is 14.3 Å². The fourth-order valence-corrected chi connectivity index (χ4v) is 3.94. The number of carbonyl (C=O) groups is 2. The van der Waals surface area contributed by atoms with Crippen LogP contribution in [0.15, 0.2) is 24.3 Å². The summed E-state index contributed by atoms with van der Waals surface area (Å²) < 4.78 is 5.77. The molecule has 0 radical (unpaired) electrons. The molecule has 3 unspecified atom stereocenters. The third-order valence-electron chi connectivity index (χ3n) is 5.27. The van der Waals surface area contributed by atoms with Crippen molar-refractivity contribution in [3.05, 3.63) is 29.8 Å². The summed E-state index contributed by atoms with van der Waals surface area (Å²) in [6, 6.07) is 7.89. The predicted octanol–water partition coefficient (Wildman–Crippen LogP) is 2.15. The van der Waals surface area contributed by atoms with E-state index in [2.05, 4.69) is 28.5 Å². The Hall–Kier alpha value is -1.92. The molecule has 2 saturated heterocycles. The number of hydrogen-bond donors (Lipinski definition) is 2. The van der Waals surface area contributed by atoms with E-state index < -0.39 is 0 Å². The Labute approximate surface area is 155 Å². The van der Waals surface area contributed by atoms with Gasteiger partial charge in [0.2, 0.25) is 11.8 Å². The second-order valence-corrected chi connectivity index (χ2v) is 7.26. The largest absolute Gasteiger partial charge is 0.374 e. The topological polar surface area (TPSA) is 70.7 Å². The zero-order valence-corrected chi connectivity index (χ0v) is 15.7. The average Bonchev–Trinajstić information content (AvgIpc) is 3.24. The van der Waals surface area contributed by atoms with E-state index in [4.69, 9.17) is 4.74 Å². The van der Waals surface area contributed by atoms with Gasteiger partial charge in [0, 0.05) is 32.2 Å². The van der Waals surface area contributed by atoms with E-state index in [0.717, 1.165) is 50.1 Å². The molecule has 3 atom stereocenters. The molecule has 26 heavy (non-hydrogen) atoms. The molecule has 2 N–H and O–H groups in total. The number of likely N-dealkylation sites (N-methyl/N-ethyl adjacent to an activating group) is 1. The predicted molar refractivity (Wildman–Crippen MR) is 101 cm³/mol. The van der Waals surface area contributed by atoms with Crippen LogP contribution in [0.2, 0.25) is 0 Å². The van der Waals surface area contributed by atoms with Gasteiger partial charge in [0.1, 0.15) is 0 Å². The summed E-state index contributed by atoms with van der Waals surface area (Å²) in [4.78, 5) is 25.8. The first kappa shape index (κ1) is 18.9. The van der Waals surface area contributed by atoms with Gasteiger partial charge in [-0.3, -0.25) is 14.5 Å². The van der Waals surface area contributed by atoms with Gasteiger partial charge < -0.3 is 15.4 Å². The first-order valence-electron chi connectivity index (χ1n) is 9.57. The van der Waals surface area contributed by atoms with Gasteiger partial charge >= 0.3 is 0 Å². The molecule has 2 amide bonds. The van der Waals surface area contributed by atoms with Crippen molar-refractivity contribution in [3.8, 4) is 0 Å². The van der Waals surface area contributed by atoms with Crippen molar-refractivity contribution in [1.82, 2.24) is 10.2 Å². The molecule has 2 aliphatic rings. The van der Waals surface area contributed by atoms with E-state index in [1.807, 2.05) is 18.2 Å². The minimum Gasteiger partial charge on any atom is -0.374 e. The van der Waals surface area contributed by atoms with Crippen LogP contribution in [0, 0.1) is 5.92 Å². The smallest absolute Gasteiger partial charge is 0.225 e. The Morgan fingerprint density at radius 1 is 1.31 bits per heavy atom. The van der Waals surface area contributed by atoms with Crippen LogP contribution in [-0.2, 0) is 20.9 Å². The van der Waals surface area contributed by atoms with Gasteiger partial charge in [-0.1, -0.05) is 19.1 Å². The monoisotopic (exact) mass is 359 g/mol. The zero-order valence-electron chi connectivity index (χ0n) is 15.7. The van der Waals surface area contributed by atoms with Crippen LogP contribution in [-0.4, -0.2) is 48.6 Å². The highest BCUT2D eigenvalue weighted by Gasteiger charge is 2.44. The van der Waals surface area contributed by atoms with Crippen molar-refractivity contribution in [2.24, 2.45) is 5.92 Å². The summed E-state index contributed by atoms with van der Waals surface area (Å²) in [5.74, 6) is 0.112. The fourth-order valence-electron chi connectivity index (χ4n) is 3.94. The van der Waals surface area contributed by atoms with Gasteiger partial charge in [-0.15, -0.1) is 0 Å². The molecule has 2 bridgehead atoms. The van der Waals surface area contributed by atoms with Crippen LogP contribution in [0.1, 0.15) is 38.7 Å². The zero-order chi connectivity index (χ0) is 18.5. The summed E-state index contributed by atoms with van der Waals surface area (Å²) >= 11 is 0. The summed E-state index contributed by atoms with van der Waals surface area (Å²) in [5.41, 5.74) is 1.96. The molecule has 0 aromatic heterocycles. The third-order valence-corrected chi connectivity index (χ3v) is 5.27. The number of carbonyl (C=O) groups excluding carboxylic acids is 2. The normalized spacial score (nSPS) is 24.0. The first-order valence-corrected chi connectivity index (χ1v) is 9.57. The Kier molecular flexibility index (Phi) is 6.27. The number of ether oxygens (including phenoxy) is 1. The number of anilines is 1. The Morgan fingerprint density at radius 3 is 2.81 bits per heavy atom. The maximum Gasteiger partial charge on any atom is 0.225 e. The van der Waals surface area contributed by atoms with E-state index in [9.17, 15) is 9.59 Å². The van der Waals surface area contributed by atoms with Crippen molar-refractivity contribution in [3.63, 3.8) is 0 Å². The third kappa shape index (κ3) is 4.83. The number of nitrogens with zero attached hydrogens (tertiary/aromatic N) is 1. The van der Waals surface area contributed by atoms with Crippen LogP contribution in [0.3, 0.4) is 0 Å². The molecular formula is C20H29N3O3. The van der Waals surface area contributed by atoms with E-state index in [0.29, 0.717) is 12.6 Å². The van der Waals surface area contributed by atoms with Crippen molar-refractivity contribution in [2.45, 2.75) is 51.9 Å². The van der Waals surface area contributed by atoms with Crippen LogP contribution < -0.4 is 10.6 Å². The van der Waals surface area contributed by atoms with Gasteiger partial charge in [-0.05, 0) is 43.5 Å². The summed E-state index contributed by atoms with van der Waals surface area (Å²) in [6.45, 7) is 6.76. The van der Waals surface area contributed by atoms with Crippen LogP contribution >= 0.6 is 0 Å². The molecule has 0 saturated carbocycles. The van der Waals surface area contributed by atoms with Gasteiger partial charge in [0.15, 0.2) is 0 Å². The van der Waals surface area contributed by atoms with E-state index in [1.54, 1.807) is 0 Å². The molecule has 142 valence electrons. The summed E-state index contributed by atoms with van der Waals surface area (Å²) in [5, 5.41) is 5.89.